The Bertz CT molecular complexity index is 440. The van der Waals surface area contributed by atoms with Crippen molar-refractivity contribution in [2.24, 2.45) is 0 Å². The van der Waals surface area contributed by atoms with Crippen molar-refractivity contribution in [3.05, 3.63) is 34.3 Å². The molecule has 1 aromatic carbocycles. The Labute approximate surface area is 97.6 Å². The third-order valence-electron chi connectivity index (χ3n) is 2.12. The van der Waals surface area contributed by atoms with Gasteiger partial charge in [-0.2, -0.15) is 17.4 Å². The zero-order valence-electron chi connectivity index (χ0n) is 7.98. The summed E-state index contributed by atoms with van der Waals surface area (Å²) in [6, 6.07) is 7.55. The molecule has 82 valence electrons. The molecule has 0 saturated carbocycles. The first-order chi connectivity index (χ1) is 7.08. The standard InChI is InChI=1S/C9H11BrN2O2S/c10-9-3-1-8(2-4-9)7-11-15(13,14)12-5-6-12/h1-4,11H,5-7H2. The molecule has 0 spiro atoms. The molecular weight excluding hydrogens is 280 g/mol. The summed E-state index contributed by atoms with van der Waals surface area (Å²) in [6.45, 7) is 1.61. The highest BCUT2D eigenvalue weighted by atomic mass is 79.9. The number of rotatable bonds is 4. The SMILES string of the molecule is O=S(=O)(NCc1ccc(Br)cc1)N1CC1. The van der Waals surface area contributed by atoms with Crippen molar-refractivity contribution in [2.75, 3.05) is 13.1 Å². The van der Waals surface area contributed by atoms with Crippen LogP contribution >= 0.6 is 15.9 Å². The van der Waals surface area contributed by atoms with Gasteiger partial charge in [0.2, 0.25) is 0 Å². The molecule has 1 aliphatic heterocycles. The maximum Gasteiger partial charge on any atom is 0.279 e. The third kappa shape index (κ3) is 3.01. The fourth-order valence-electron chi connectivity index (χ4n) is 1.15. The van der Waals surface area contributed by atoms with Crippen molar-refractivity contribution in [2.45, 2.75) is 6.54 Å². The van der Waals surface area contributed by atoms with Gasteiger partial charge >= 0.3 is 0 Å². The molecule has 1 aromatic rings. The van der Waals surface area contributed by atoms with Crippen molar-refractivity contribution in [1.82, 2.24) is 9.03 Å². The molecule has 0 amide bonds. The van der Waals surface area contributed by atoms with E-state index in [0.717, 1.165) is 10.0 Å². The first-order valence-corrected chi connectivity index (χ1v) is 6.80. The second-order valence-electron chi connectivity index (χ2n) is 3.35. The zero-order valence-corrected chi connectivity index (χ0v) is 10.4. The van der Waals surface area contributed by atoms with Crippen LogP contribution in [0.2, 0.25) is 0 Å². The number of nitrogens with one attached hydrogen (secondary N) is 1. The molecule has 15 heavy (non-hydrogen) atoms. The maximum atomic E-state index is 11.4. The predicted octanol–water partition coefficient (Wildman–Crippen LogP) is 1.10. The van der Waals surface area contributed by atoms with E-state index in [2.05, 4.69) is 20.7 Å². The van der Waals surface area contributed by atoms with Gasteiger partial charge in [-0.1, -0.05) is 28.1 Å². The number of hydrogen-bond donors (Lipinski definition) is 1. The van der Waals surface area contributed by atoms with Crippen LogP contribution in [0.25, 0.3) is 0 Å². The van der Waals surface area contributed by atoms with Gasteiger partial charge in [0, 0.05) is 24.1 Å². The van der Waals surface area contributed by atoms with Gasteiger partial charge in [0.25, 0.3) is 10.2 Å². The molecule has 0 bridgehead atoms. The van der Waals surface area contributed by atoms with Gasteiger partial charge in [0.05, 0.1) is 0 Å². The Kier molecular flexibility index (Phi) is 3.11. The topological polar surface area (TPSA) is 49.2 Å². The van der Waals surface area contributed by atoms with Crippen LogP contribution in [0.1, 0.15) is 5.56 Å². The van der Waals surface area contributed by atoms with E-state index in [9.17, 15) is 8.42 Å². The minimum atomic E-state index is -3.22. The smallest absolute Gasteiger partial charge is 0.198 e. The summed E-state index contributed by atoms with van der Waals surface area (Å²) >= 11 is 3.32. The molecule has 1 heterocycles. The van der Waals surface area contributed by atoms with Crippen LogP contribution in [0.5, 0.6) is 0 Å². The largest absolute Gasteiger partial charge is 0.279 e. The summed E-state index contributed by atoms with van der Waals surface area (Å²) < 4.78 is 27.8. The summed E-state index contributed by atoms with van der Waals surface area (Å²) in [5.74, 6) is 0. The van der Waals surface area contributed by atoms with Gasteiger partial charge in [0.1, 0.15) is 0 Å². The van der Waals surface area contributed by atoms with Gasteiger partial charge in [-0.3, -0.25) is 0 Å². The number of benzene rings is 1. The monoisotopic (exact) mass is 290 g/mol. The lowest BCUT2D eigenvalue weighted by Crippen LogP contribution is -2.29. The molecule has 0 aliphatic carbocycles. The normalized spacial score (nSPS) is 16.6. The third-order valence-corrected chi connectivity index (χ3v) is 4.20. The molecule has 0 radical (unpaired) electrons. The average molecular weight is 291 g/mol. The van der Waals surface area contributed by atoms with Gasteiger partial charge in [0.15, 0.2) is 0 Å². The molecular formula is C9H11BrN2O2S. The predicted molar refractivity (Wildman–Crippen MR) is 61.5 cm³/mol. The van der Waals surface area contributed by atoms with E-state index in [0.29, 0.717) is 19.6 Å². The number of nitrogens with zero attached hydrogens (tertiary/aromatic N) is 1. The Morgan fingerprint density at radius 3 is 2.40 bits per heavy atom. The number of halogens is 1. The molecule has 4 nitrogen and oxygen atoms in total. The van der Waals surface area contributed by atoms with Crippen LogP contribution in [0.4, 0.5) is 0 Å². The molecule has 6 heteroatoms. The van der Waals surface area contributed by atoms with Crippen LogP contribution < -0.4 is 4.72 Å². The fraction of sp³-hybridized carbons (Fsp3) is 0.333. The Morgan fingerprint density at radius 2 is 1.87 bits per heavy atom. The van der Waals surface area contributed by atoms with E-state index in [1.165, 1.54) is 4.31 Å². The Morgan fingerprint density at radius 1 is 1.27 bits per heavy atom. The van der Waals surface area contributed by atoms with Crippen molar-refractivity contribution in [3.63, 3.8) is 0 Å². The van der Waals surface area contributed by atoms with E-state index in [1.54, 1.807) is 0 Å². The van der Waals surface area contributed by atoms with Gasteiger partial charge in [-0.05, 0) is 17.7 Å². The van der Waals surface area contributed by atoms with Crippen LogP contribution in [0, 0.1) is 0 Å². The van der Waals surface area contributed by atoms with Crippen molar-refractivity contribution < 1.29 is 8.42 Å². The highest BCUT2D eigenvalue weighted by Crippen LogP contribution is 2.12. The van der Waals surface area contributed by atoms with Gasteiger partial charge < -0.3 is 0 Å². The highest BCUT2D eigenvalue weighted by molar-refractivity contribution is 9.10. The van der Waals surface area contributed by atoms with Gasteiger partial charge in [-0.15, -0.1) is 0 Å². The Balaban J connectivity index is 1.95. The lowest BCUT2D eigenvalue weighted by Gasteiger charge is -2.06. The molecule has 0 aromatic heterocycles. The molecule has 1 N–H and O–H groups in total. The lowest BCUT2D eigenvalue weighted by molar-refractivity contribution is 0.547. The zero-order chi connectivity index (χ0) is 10.9. The van der Waals surface area contributed by atoms with E-state index in [4.69, 9.17) is 0 Å². The second kappa shape index (κ2) is 4.21. The van der Waals surface area contributed by atoms with Crippen molar-refractivity contribution in [1.29, 1.82) is 0 Å². The van der Waals surface area contributed by atoms with Crippen LogP contribution in [-0.2, 0) is 16.8 Å². The van der Waals surface area contributed by atoms with E-state index < -0.39 is 10.2 Å². The number of hydrogen-bond acceptors (Lipinski definition) is 2. The molecule has 0 unspecified atom stereocenters. The average Bonchev–Trinajstić information content (AvgIpc) is 3.00. The highest BCUT2D eigenvalue weighted by Gasteiger charge is 2.31. The maximum absolute atomic E-state index is 11.4. The Hall–Kier alpha value is -0.430. The summed E-state index contributed by atoms with van der Waals surface area (Å²) in [6.07, 6.45) is 0. The van der Waals surface area contributed by atoms with E-state index in [1.807, 2.05) is 24.3 Å². The fourth-order valence-corrected chi connectivity index (χ4v) is 2.51. The van der Waals surface area contributed by atoms with Gasteiger partial charge in [-0.25, -0.2) is 0 Å². The first-order valence-electron chi connectivity index (χ1n) is 4.57. The molecule has 1 saturated heterocycles. The minimum Gasteiger partial charge on any atom is -0.198 e. The van der Waals surface area contributed by atoms with Crippen molar-refractivity contribution >= 4 is 26.1 Å². The second-order valence-corrected chi connectivity index (χ2v) is 6.02. The lowest BCUT2D eigenvalue weighted by atomic mass is 10.2. The molecule has 2 rings (SSSR count). The quantitative estimate of drug-likeness (QED) is 0.845. The van der Waals surface area contributed by atoms with Crippen LogP contribution in [-0.4, -0.2) is 25.8 Å². The van der Waals surface area contributed by atoms with Crippen LogP contribution in [0.15, 0.2) is 28.7 Å². The summed E-state index contributed by atoms with van der Waals surface area (Å²) in [5, 5.41) is 0. The molecule has 0 atom stereocenters. The van der Waals surface area contributed by atoms with E-state index >= 15 is 0 Å². The van der Waals surface area contributed by atoms with E-state index in [-0.39, 0.29) is 0 Å². The summed E-state index contributed by atoms with van der Waals surface area (Å²) in [4.78, 5) is 0. The summed E-state index contributed by atoms with van der Waals surface area (Å²) in [7, 11) is -3.22. The first kappa shape index (κ1) is 11.1. The molecule has 1 aliphatic rings. The minimum absolute atomic E-state index is 0.339. The molecule has 1 fully saturated rings. The van der Waals surface area contributed by atoms with Crippen LogP contribution in [0.3, 0.4) is 0 Å². The van der Waals surface area contributed by atoms with Crippen molar-refractivity contribution in [3.8, 4) is 0 Å². The summed E-state index contributed by atoms with van der Waals surface area (Å²) in [5.41, 5.74) is 0.948.